The Morgan fingerprint density at radius 2 is 1.50 bits per heavy atom. The van der Waals surface area contributed by atoms with Gasteiger partial charge in [0.15, 0.2) is 0 Å². The Balaban J connectivity index is 2.63. The standard InChI is InChI=1S/C6H12O5S/c7-1-2-3(8)4(9)5(10)6(11)12-2/h2-11H,1H2/t2-,3-,4+,5+,6-/m1/s1. The monoisotopic (exact) mass is 196 g/mol. The van der Waals surface area contributed by atoms with Crippen LogP contribution in [0.25, 0.3) is 0 Å². The predicted molar refractivity (Wildman–Crippen MR) is 42.5 cm³/mol. The summed E-state index contributed by atoms with van der Waals surface area (Å²) < 4.78 is 0. The van der Waals surface area contributed by atoms with Crippen LogP contribution >= 0.6 is 11.8 Å². The van der Waals surface area contributed by atoms with Gasteiger partial charge in [-0.3, -0.25) is 0 Å². The van der Waals surface area contributed by atoms with E-state index in [1.54, 1.807) is 0 Å². The first-order chi connectivity index (χ1) is 5.57. The van der Waals surface area contributed by atoms with E-state index in [2.05, 4.69) is 0 Å². The van der Waals surface area contributed by atoms with Crippen LogP contribution in [0.4, 0.5) is 0 Å². The van der Waals surface area contributed by atoms with E-state index >= 15 is 0 Å². The normalized spacial score (nSPS) is 49.2. The van der Waals surface area contributed by atoms with Crippen LogP contribution in [0.5, 0.6) is 0 Å². The van der Waals surface area contributed by atoms with Crippen LogP contribution in [0, 0.1) is 0 Å². The third kappa shape index (κ3) is 1.73. The van der Waals surface area contributed by atoms with Crippen molar-refractivity contribution in [1.29, 1.82) is 0 Å². The van der Waals surface area contributed by atoms with Crippen molar-refractivity contribution in [3.8, 4) is 0 Å². The van der Waals surface area contributed by atoms with Crippen molar-refractivity contribution in [3.63, 3.8) is 0 Å². The highest BCUT2D eigenvalue weighted by atomic mass is 32.2. The van der Waals surface area contributed by atoms with E-state index in [0.717, 1.165) is 11.8 Å². The van der Waals surface area contributed by atoms with E-state index in [1.165, 1.54) is 0 Å². The highest BCUT2D eigenvalue weighted by molar-refractivity contribution is 8.00. The molecule has 0 radical (unpaired) electrons. The molecule has 0 aliphatic carbocycles. The van der Waals surface area contributed by atoms with Gasteiger partial charge < -0.3 is 25.5 Å². The number of aliphatic hydroxyl groups excluding tert-OH is 5. The largest absolute Gasteiger partial charge is 0.395 e. The maximum atomic E-state index is 9.22. The molecule has 0 aromatic heterocycles. The molecule has 72 valence electrons. The first-order valence-electron chi connectivity index (χ1n) is 3.56. The zero-order chi connectivity index (χ0) is 9.30. The lowest BCUT2D eigenvalue weighted by Crippen LogP contribution is -2.53. The summed E-state index contributed by atoms with van der Waals surface area (Å²) in [4.78, 5) is 0. The Morgan fingerprint density at radius 3 is 2.00 bits per heavy atom. The second kappa shape index (κ2) is 3.91. The fourth-order valence-corrected chi connectivity index (χ4v) is 2.17. The lowest BCUT2D eigenvalue weighted by molar-refractivity contribution is -0.0953. The van der Waals surface area contributed by atoms with Crippen molar-refractivity contribution in [2.75, 3.05) is 6.61 Å². The molecule has 1 saturated heterocycles. The van der Waals surface area contributed by atoms with Crippen molar-refractivity contribution in [3.05, 3.63) is 0 Å². The van der Waals surface area contributed by atoms with E-state index in [4.69, 9.17) is 20.4 Å². The minimum Gasteiger partial charge on any atom is -0.395 e. The maximum absolute atomic E-state index is 9.22. The van der Waals surface area contributed by atoms with Crippen LogP contribution in [0.3, 0.4) is 0 Å². The van der Waals surface area contributed by atoms with Crippen molar-refractivity contribution in [2.45, 2.75) is 29.0 Å². The lowest BCUT2D eigenvalue weighted by Gasteiger charge is -2.36. The summed E-state index contributed by atoms with van der Waals surface area (Å²) in [6.07, 6.45) is -3.94. The van der Waals surface area contributed by atoms with Gasteiger partial charge in [-0.2, -0.15) is 0 Å². The van der Waals surface area contributed by atoms with Gasteiger partial charge >= 0.3 is 0 Å². The summed E-state index contributed by atoms with van der Waals surface area (Å²) in [5.41, 5.74) is -1.15. The summed E-state index contributed by atoms with van der Waals surface area (Å²) in [6.45, 7) is -0.341. The molecule has 1 aliphatic rings. The van der Waals surface area contributed by atoms with Gasteiger partial charge in [0.2, 0.25) is 0 Å². The van der Waals surface area contributed by atoms with Gasteiger partial charge in [0.25, 0.3) is 0 Å². The van der Waals surface area contributed by atoms with Gasteiger partial charge in [-0.15, -0.1) is 11.8 Å². The van der Waals surface area contributed by atoms with Gasteiger partial charge in [0.05, 0.1) is 18.0 Å². The number of rotatable bonds is 1. The van der Waals surface area contributed by atoms with E-state index in [-0.39, 0.29) is 6.61 Å². The molecule has 0 amide bonds. The van der Waals surface area contributed by atoms with Gasteiger partial charge in [0, 0.05) is 0 Å². The fraction of sp³-hybridized carbons (Fsp3) is 1.00. The Labute approximate surface area is 73.7 Å². The Hall–Kier alpha value is 0.150. The zero-order valence-corrected chi connectivity index (χ0v) is 7.05. The van der Waals surface area contributed by atoms with Crippen molar-refractivity contribution >= 4 is 11.8 Å². The van der Waals surface area contributed by atoms with E-state index in [0.29, 0.717) is 0 Å². The van der Waals surface area contributed by atoms with E-state index < -0.39 is 29.0 Å². The quantitative estimate of drug-likeness (QED) is 0.318. The Kier molecular flexibility index (Phi) is 3.33. The number of hydrogen-bond acceptors (Lipinski definition) is 6. The highest BCUT2D eigenvalue weighted by Crippen LogP contribution is 2.30. The molecule has 6 heteroatoms. The first kappa shape index (κ1) is 10.2. The Morgan fingerprint density at radius 1 is 0.917 bits per heavy atom. The predicted octanol–water partition coefficient (Wildman–Crippen LogP) is -2.50. The van der Waals surface area contributed by atoms with Crippen molar-refractivity contribution in [1.82, 2.24) is 0 Å². The molecule has 0 spiro atoms. The molecule has 5 nitrogen and oxygen atoms in total. The lowest BCUT2D eigenvalue weighted by atomic mass is 10.0. The molecule has 0 aromatic carbocycles. The molecule has 1 aliphatic heterocycles. The van der Waals surface area contributed by atoms with Crippen LogP contribution < -0.4 is 0 Å². The molecule has 1 fully saturated rings. The van der Waals surface area contributed by atoms with Crippen molar-refractivity contribution in [2.24, 2.45) is 0 Å². The molecule has 0 saturated carbocycles. The van der Waals surface area contributed by atoms with Gasteiger partial charge in [-0.1, -0.05) is 0 Å². The molecule has 0 aromatic rings. The smallest absolute Gasteiger partial charge is 0.128 e. The van der Waals surface area contributed by atoms with Gasteiger partial charge in [0.1, 0.15) is 17.6 Å². The number of thioether (sulfide) groups is 1. The van der Waals surface area contributed by atoms with E-state index in [1.807, 2.05) is 0 Å². The molecule has 0 unspecified atom stereocenters. The average molecular weight is 196 g/mol. The molecule has 0 bridgehead atoms. The topological polar surface area (TPSA) is 101 Å². The molecule has 5 atom stereocenters. The SMILES string of the molecule is OC[C@H]1S[C@@H](O)[C@@H](O)[C@@H](O)[C@@H]1O. The number of hydrogen-bond donors (Lipinski definition) is 5. The molecule has 1 heterocycles. The van der Waals surface area contributed by atoms with Crippen LogP contribution in [-0.2, 0) is 0 Å². The molecular formula is C6H12O5S. The molecule has 5 N–H and O–H groups in total. The van der Waals surface area contributed by atoms with Crippen molar-refractivity contribution < 1.29 is 25.5 Å². The minimum atomic E-state index is -1.39. The number of aliphatic hydroxyl groups is 5. The Bertz CT molecular complexity index is 150. The fourth-order valence-electron chi connectivity index (χ4n) is 1.08. The summed E-state index contributed by atoms with van der Waals surface area (Å²) in [6, 6.07) is 0. The van der Waals surface area contributed by atoms with E-state index in [9.17, 15) is 5.11 Å². The molecule has 12 heavy (non-hydrogen) atoms. The van der Waals surface area contributed by atoms with Crippen LogP contribution in [0.15, 0.2) is 0 Å². The third-order valence-corrected chi connectivity index (χ3v) is 3.20. The highest BCUT2D eigenvalue weighted by Gasteiger charge is 2.42. The summed E-state index contributed by atoms with van der Waals surface area (Å²) in [5, 5.41) is 44.6. The van der Waals surface area contributed by atoms with Crippen LogP contribution in [0.1, 0.15) is 0 Å². The molecule has 1 rings (SSSR count). The van der Waals surface area contributed by atoms with Gasteiger partial charge in [-0.25, -0.2) is 0 Å². The second-order valence-electron chi connectivity index (χ2n) is 2.72. The van der Waals surface area contributed by atoms with Crippen LogP contribution in [-0.4, -0.2) is 61.1 Å². The summed E-state index contributed by atoms with van der Waals surface area (Å²) >= 11 is 0.852. The maximum Gasteiger partial charge on any atom is 0.128 e. The summed E-state index contributed by atoms with van der Waals surface area (Å²) in [7, 11) is 0. The zero-order valence-electron chi connectivity index (χ0n) is 6.24. The minimum absolute atomic E-state index is 0.341. The second-order valence-corrected chi connectivity index (χ2v) is 4.08. The van der Waals surface area contributed by atoms with Crippen LogP contribution in [0.2, 0.25) is 0 Å². The average Bonchev–Trinajstić information content (AvgIpc) is 2.08. The van der Waals surface area contributed by atoms with Gasteiger partial charge in [-0.05, 0) is 0 Å². The first-order valence-corrected chi connectivity index (χ1v) is 4.50. The summed E-state index contributed by atoms with van der Waals surface area (Å²) in [5.74, 6) is 0. The third-order valence-electron chi connectivity index (χ3n) is 1.87. The molecular weight excluding hydrogens is 184 g/mol.